The van der Waals surface area contributed by atoms with Crippen molar-refractivity contribution in [3.05, 3.63) is 69.8 Å². The molecular formula is C23H26N2O5. The summed E-state index contributed by atoms with van der Waals surface area (Å²) in [5.74, 6) is -1.68. The lowest BCUT2D eigenvalue weighted by molar-refractivity contribution is -0.385. The van der Waals surface area contributed by atoms with Gasteiger partial charge in [0.25, 0.3) is 5.69 Å². The molecule has 1 saturated carbocycles. The number of nitro groups is 1. The van der Waals surface area contributed by atoms with Crippen LogP contribution in [-0.4, -0.2) is 16.8 Å². The number of benzene rings is 2. The molecule has 0 bridgehead atoms. The second kappa shape index (κ2) is 10.0. The van der Waals surface area contributed by atoms with E-state index in [1.165, 1.54) is 11.6 Å². The van der Waals surface area contributed by atoms with Crippen LogP contribution in [0.5, 0.6) is 0 Å². The number of anilines is 1. The van der Waals surface area contributed by atoms with Gasteiger partial charge < -0.3 is 10.1 Å². The van der Waals surface area contributed by atoms with Crippen LogP contribution >= 0.6 is 0 Å². The number of rotatable bonds is 7. The van der Waals surface area contributed by atoms with Gasteiger partial charge in [-0.15, -0.1) is 0 Å². The third-order valence-corrected chi connectivity index (χ3v) is 5.59. The van der Waals surface area contributed by atoms with Gasteiger partial charge in [-0.2, -0.15) is 0 Å². The predicted molar refractivity (Wildman–Crippen MR) is 113 cm³/mol. The molecule has 0 spiro atoms. The normalized spacial score (nSPS) is 18.4. The van der Waals surface area contributed by atoms with E-state index in [1.807, 2.05) is 24.3 Å². The highest BCUT2D eigenvalue weighted by Gasteiger charge is 2.37. The molecule has 7 nitrogen and oxygen atoms in total. The topological polar surface area (TPSA) is 98.5 Å². The molecule has 0 heterocycles. The highest BCUT2D eigenvalue weighted by atomic mass is 16.6. The summed E-state index contributed by atoms with van der Waals surface area (Å²) in [6.07, 6.45) is 3.83. The number of esters is 1. The van der Waals surface area contributed by atoms with Crippen molar-refractivity contribution in [2.45, 2.75) is 45.6 Å². The molecular weight excluding hydrogens is 384 g/mol. The van der Waals surface area contributed by atoms with Crippen LogP contribution in [0.4, 0.5) is 11.4 Å². The Morgan fingerprint density at radius 2 is 1.73 bits per heavy atom. The monoisotopic (exact) mass is 410 g/mol. The fraction of sp³-hybridized carbons (Fsp3) is 0.391. The van der Waals surface area contributed by atoms with Crippen LogP contribution in [-0.2, 0) is 27.4 Å². The Balaban J connectivity index is 1.65. The Hall–Kier alpha value is -3.22. The molecule has 0 unspecified atom stereocenters. The number of carbonyl (C=O) groups is 2. The summed E-state index contributed by atoms with van der Waals surface area (Å²) in [6, 6.07) is 13.8. The maximum Gasteiger partial charge on any atom is 0.310 e. The van der Waals surface area contributed by atoms with Gasteiger partial charge in [-0.1, -0.05) is 44.0 Å². The van der Waals surface area contributed by atoms with Gasteiger partial charge in [0.05, 0.1) is 22.3 Å². The van der Waals surface area contributed by atoms with Crippen LogP contribution in [0.25, 0.3) is 0 Å². The van der Waals surface area contributed by atoms with Gasteiger partial charge in [0.2, 0.25) is 5.91 Å². The number of nitrogens with zero attached hydrogens (tertiary/aromatic N) is 1. The van der Waals surface area contributed by atoms with Crippen molar-refractivity contribution in [2.75, 3.05) is 5.32 Å². The predicted octanol–water partition coefficient (Wildman–Crippen LogP) is 4.65. The van der Waals surface area contributed by atoms with Gasteiger partial charge in [-0.05, 0) is 43.0 Å². The SMILES string of the molecule is CCc1ccc(NC(=O)[C@@H]2CCCC[C@H]2C(=O)OCc2ccccc2[N+](=O)[O-])cc1. The number of carbonyl (C=O) groups excluding carboxylic acids is 2. The van der Waals surface area contributed by atoms with Crippen LogP contribution in [0.1, 0.15) is 43.7 Å². The Kier molecular flexibility index (Phi) is 7.17. The summed E-state index contributed by atoms with van der Waals surface area (Å²) in [7, 11) is 0. The fourth-order valence-corrected chi connectivity index (χ4v) is 3.85. The van der Waals surface area contributed by atoms with Crippen LogP contribution in [0.15, 0.2) is 48.5 Å². The van der Waals surface area contributed by atoms with E-state index in [-0.39, 0.29) is 18.2 Å². The Labute approximate surface area is 175 Å². The molecule has 1 amide bonds. The van der Waals surface area contributed by atoms with Crippen molar-refractivity contribution in [3.63, 3.8) is 0 Å². The van der Waals surface area contributed by atoms with E-state index in [4.69, 9.17) is 4.74 Å². The Morgan fingerprint density at radius 3 is 2.40 bits per heavy atom. The van der Waals surface area contributed by atoms with E-state index < -0.39 is 22.7 Å². The molecule has 1 N–H and O–H groups in total. The molecule has 7 heteroatoms. The summed E-state index contributed by atoms with van der Waals surface area (Å²) in [6.45, 7) is 1.88. The van der Waals surface area contributed by atoms with Crippen molar-refractivity contribution in [1.29, 1.82) is 0 Å². The molecule has 2 atom stereocenters. The van der Waals surface area contributed by atoms with E-state index in [9.17, 15) is 19.7 Å². The number of ether oxygens (including phenoxy) is 1. The van der Waals surface area contributed by atoms with Gasteiger partial charge in [-0.3, -0.25) is 19.7 Å². The van der Waals surface area contributed by atoms with Gasteiger partial charge in [-0.25, -0.2) is 0 Å². The molecule has 2 aromatic rings. The van der Waals surface area contributed by atoms with Crippen LogP contribution in [0.3, 0.4) is 0 Å². The number of aryl methyl sites for hydroxylation is 1. The highest BCUT2D eigenvalue weighted by molar-refractivity contribution is 5.95. The second-order valence-electron chi connectivity index (χ2n) is 7.53. The largest absolute Gasteiger partial charge is 0.460 e. The van der Waals surface area contributed by atoms with Crippen molar-refractivity contribution in [3.8, 4) is 0 Å². The lowest BCUT2D eigenvalue weighted by Crippen LogP contribution is -2.37. The Bertz CT molecular complexity index is 910. The van der Waals surface area contributed by atoms with E-state index in [1.54, 1.807) is 18.2 Å². The summed E-state index contributed by atoms with van der Waals surface area (Å²) < 4.78 is 5.40. The first-order chi connectivity index (χ1) is 14.5. The molecule has 1 aliphatic carbocycles. The zero-order valence-electron chi connectivity index (χ0n) is 17.0. The third kappa shape index (κ3) is 5.23. The molecule has 1 fully saturated rings. The standard InChI is InChI=1S/C23H26N2O5/c1-2-16-11-13-18(14-12-16)24-22(26)19-8-4-5-9-20(19)23(27)30-15-17-7-3-6-10-21(17)25(28)29/h3,6-7,10-14,19-20H,2,4-5,8-9,15H2,1H3,(H,24,26)/t19-,20-/m1/s1. The van der Waals surface area contributed by atoms with Crippen molar-refractivity contribution in [2.24, 2.45) is 11.8 Å². The van der Waals surface area contributed by atoms with E-state index >= 15 is 0 Å². The molecule has 30 heavy (non-hydrogen) atoms. The average Bonchev–Trinajstić information content (AvgIpc) is 2.78. The second-order valence-corrected chi connectivity index (χ2v) is 7.53. The van der Waals surface area contributed by atoms with Gasteiger partial charge in [0.1, 0.15) is 6.61 Å². The first kappa shape index (κ1) is 21.5. The molecule has 0 saturated heterocycles. The smallest absolute Gasteiger partial charge is 0.310 e. The number of hydrogen-bond acceptors (Lipinski definition) is 5. The molecule has 1 aliphatic rings. The minimum Gasteiger partial charge on any atom is -0.460 e. The molecule has 3 rings (SSSR count). The number of amides is 1. The fourth-order valence-electron chi connectivity index (χ4n) is 3.85. The maximum absolute atomic E-state index is 12.8. The number of hydrogen-bond donors (Lipinski definition) is 1. The minimum absolute atomic E-state index is 0.0845. The first-order valence-corrected chi connectivity index (χ1v) is 10.3. The van der Waals surface area contributed by atoms with E-state index in [0.29, 0.717) is 24.1 Å². The molecule has 0 radical (unpaired) electrons. The third-order valence-electron chi connectivity index (χ3n) is 5.59. The zero-order chi connectivity index (χ0) is 21.5. The van der Waals surface area contributed by atoms with Crippen molar-refractivity contribution in [1.82, 2.24) is 0 Å². The molecule has 0 aliphatic heterocycles. The van der Waals surface area contributed by atoms with Crippen LogP contribution in [0, 0.1) is 22.0 Å². The van der Waals surface area contributed by atoms with Gasteiger partial charge >= 0.3 is 5.97 Å². The summed E-state index contributed by atoms with van der Waals surface area (Å²) in [5.41, 5.74) is 2.14. The van der Waals surface area contributed by atoms with Crippen LogP contribution < -0.4 is 5.32 Å². The lowest BCUT2D eigenvalue weighted by atomic mass is 9.78. The van der Waals surface area contributed by atoms with E-state index in [0.717, 1.165) is 19.3 Å². The van der Waals surface area contributed by atoms with E-state index in [2.05, 4.69) is 12.2 Å². The summed E-state index contributed by atoms with van der Waals surface area (Å²) in [5, 5.41) is 14.0. The number of nitro benzene ring substituents is 1. The first-order valence-electron chi connectivity index (χ1n) is 10.3. The summed E-state index contributed by atoms with van der Waals surface area (Å²) >= 11 is 0. The molecule has 0 aromatic heterocycles. The highest BCUT2D eigenvalue weighted by Crippen LogP contribution is 2.32. The lowest BCUT2D eigenvalue weighted by Gasteiger charge is -2.29. The van der Waals surface area contributed by atoms with Crippen LogP contribution in [0.2, 0.25) is 0 Å². The van der Waals surface area contributed by atoms with Gasteiger partial charge in [0, 0.05) is 11.8 Å². The minimum atomic E-state index is -0.545. The van der Waals surface area contributed by atoms with Gasteiger partial charge in [0.15, 0.2) is 0 Å². The summed E-state index contributed by atoms with van der Waals surface area (Å²) in [4.78, 5) is 36.2. The molecule has 2 aromatic carbocycles. The maximum atomic E-state index is 12.8. The van der Waals surface area contributed by atoms with Crippen molar-refractivity contribution >= 4 is 23.3 Å². The zero-order valence-corrected chi connectivity index (χ0v) is 17.0. The average molecular weight is 410 g/mol. The Morgan fingerprint density at radius 1 is 1.07 bits per heavy atom. The number of nitrogens with one attached hydrogen (secondary N) is 1. The number of para-hydroxylation sites is 1. The quantitative estimate of drug-likeness (QED) is 0.407. The van der Waals surface area contributed by atoms with Crippen molar-refractivity contribution < 1.29 is 19.2 Å². The molecule has 158 valence electrons.